The van der Waals surface area contributed by atoms with E-state index in [9.17, 15) is 9.90 Å². The zero-order chi connectivity index (χ0) is 18.6. The molecule has 26 heavy (non-hydrogen) atoms. The normalized spacial score (nSPS) is 16.9. The Labute approximate surface area is 158 Å². The highest BCUT2D eigenvalue weighted by molar-refractivity contribution is 6.30. The molecule has 1 heterocycles. The average molecular weight is 375 g/mol. The van der Waals surface area contributed by atoms with E-state index in [2.05, 4.69) is 10.2 Å². The third-order valence-electron chi connectivity index (χ3n) is 4.79. The maximum Gasteiger partial charge on any atom is 0.238 e. The Morgan fingerprint density at radius 1 is 1.23 bits per heavy atom. The van der Waals surface area contributed by atoms with Gasteiger partial charge < -0.3 is 15.2 Å². The third-order valence-corrected chi connectivity index (χ3v) is 5.04. The highest BCUT2D eigenvalue weighted by Crippen LogP contribution is 2.33. The Bertz CT molecular complexity index is 756. The smallest absolute Gasteiger partial charge is 0.238 e. The Balaban J connectivity index is 1.53. The molecule has 0 radical (unpaired) electrons. The molecule has 3 rings (SSSR count). The van der Waals surface area contributed by atoms with E-state index in [1.165, 1.54) is 0 Å². The molecule has 2 aromatic carbocycles. The summed E-state index contributed by atoms with van der Waals surface area (Å²) in [6.07, 6.45) is 1.17. The molecule has 0 saturated carbocycles. The lowest BCUT2D eigenvalue weighted by atomic mass is 9.84. The van der Waals surface area contributed by atoms with Crippen molar-refractivity contribution in [2.75, 3.05) is 32.1 Å². The molecule has 2 N–H and O–H groups in total. The van der Waals surface area contributed by atoms with Gasteiger partial charge in [-0.3, -0.25) is 9.69 Å². The number of methoxy groups -OCH3 is 1. The van der Waals surface area contributed by atoms with E-state index in [4.69, 9.17) is 16.3 Å². The van der Waals surface area contributed by atoms with Gasteiger partial charge in [-0.1, -0.05) is 29.8 Å². The highest BCUT2D eigenvalue weighted by Gasteiger charge is 2.34. The van der Waals surface area contributed by atoms with Crippen molar-refractivity contribution in [3.63, 3.8) is 0 Å². The van der Waals surface area contributed by atoms with Crippen molar-refractivity contribution in [1.82, 2.24) is 4.90 Å². The van der Waals surface area contributed by atoms with Gasteiger partial charge in [0.05, 0.1) is 19.3 Å². The quantitative estimate of drug-likeness (QED) is 0.843. The summed E-state index contributed by atoms with van der Waals surface area (Å²) >= 11 is 5.92. The maximum atomic E-state index is 12.3. The van der Waals surface area contributed by atoms with Gasteiger partial charge in [0, 0.05) is 29.9 Å². The van der Waals surface area contributed by atoms with E-state index in [0.29, 0.717) is 48.9 Å². The lowest BCUT2D eigenvalue weighted by Gasteiger charge is -2.38. The largest absolute Gasteiger partial charge is 0.497 e. The van der Waals surface area contributed by atoms with Gasteiger partial charge in [0.1, 0.15) is 5.75 Å². The van der Waals surface area contributed by atoms with Crippen LogP contribution in [0.2, 0.25) is 5.02 Å². The van der Waals surface area contributed by atoms with Crippen LogP contribution in [-0.4, -0.2) is 42.7 Å². The standard InChI is InChI=1S/C20H23ClN2O3/c1-26-18-4-2-3-17(13-18)22-19(24)14-23-11-9-20(25,10-12-23)15-5-7-16(21)8-6-15/h2-8,13,25H,9-12,14H2,1H3,(H,22,24). The number of ether oxygens (including phenoxy) is 1. The van der Waals surface area contributed by atoms with Crippen molar-refractivity contribution in [3.8, 4) is 5.75 Å². The first-order chi connectivity index (χ1) is 12.5. The van der Waals surface area contributed by atoms with Gasteiger partial charge in [-0.25, -0.2) is 0 Å². The number of carbonyl (C=O) groups excluding carboxylic acids is 1. The molecule has 0 aliphatic carbocycles. The molecule has 5 nitrogen and oxygen atoms in total. The zero-order valence-corrected chi connectivity index (χ0v) is 15.5. The lowest BCUT2D eigenvalue weighted by molar-refractivity contribution is -0.118. The fourth-order valence-corrected chi connectivity index (χ4v) is 3.36. The van der Waals surface area contributed by atoms with E-state index in [0.717, 1.165) is 5.56 Å². The van der Waals surface area contributed by atoms with E-state index in [-0.39, 0.29) is 5.91 Å². The number of nitrogens with one attached hydrogen (secondary N) is 1. The summed E-state index contributed by atoms with van der Waals surface area (Å²) < 4.78 is 5.16. The summed E-state index contributed by atoms with van der Waals surface area (Å²) in [6, 6.07) is 14.6. The Morgan fingerprint density at radius 3 is 2.58 bits per heavy atom. The highest BCUT2D eigenvalue weighted by atomic mass is 35.5. The maximum absolute atomic E-state index is 12.3. The van der Waals surface area contributed by atoms with Crippen molar-refractivity contribution in [2.45, 2.75) is 18.4 Å². The second-order valence-electron chi connectivity index (χ2n) is 6.59. The molecule has 0 atom stereocenters. The number of hydrogen-bond donors (Lipinski definition) is 2. The van der Waals surface area contributed by atoms with E-state index in [1.54, 1.807) is 25.3 Å². The van der Waals surface area contributed by atoms with Crippen molar-refractivity contribution in [1.29, 1.82) is 0 Å². The topological polar surface area (TPSA) is 61.8 Å². The van der Waals surface area contributed by atoms with Crippen LogP contribution in [0.4, 0.5) is 5.69 Å². The predicted molar refractivity (Wildman–Crippen MR) is 103 cm³/mol. The minimum Gasteiger partial charge on any atom is -0.497 e. The molecule has 1 aliphatic rings. The van der Waals surface area contributed by atoms with Crippen LogP contribution in [0.5, 0.6) is 5.75 Å². The van der Waals surface area contributed by atoms with Crippen molar-refractivity contribution >= 4 is 23.2 Å². The van der Waals surface area contributed by atoms with E-state index < -0.39 is 5.60 Å². The van der Waals surface area contributed by atoms with Crippen molar-refractivity contribution < 1.29 is 14.6 Å². The molecule has 1 fully saturated rings. The SMILES string of the molecule is COc1cccc(NC(=O)CN2CCC(O)(c3ccc(Cl)cc3)CC2)c1. The van der Waals surface area contributed by atoms with Crippen LogP contribution in [-0.2, 0) is 10.4 Å². The molecule has 138 valence electrons. The first-order valence-electron chi connectivity index (χ1n) is 8.63. The molecule has 0 bridgehead atoms. The van der Waals surface area contributed by atoms with Crippen LogP contribution in [0.25, 0.3) is 0 Å². The zero-order valence-electron chi connectivity index (χ0n) is 14.7. The number of rotatable bonds is 5. The van der Waals surface area contributed by atoms with Crippen molar-refractivity contribution in [2.24, 2.45) is 0 Å². The molecule has 0 unspecified atom stereocenters. The van der Waals surface area contributed by atoms with Crippen LogP contribution in [0.15, 0.2) is 48.5 Å². The number of halogens is 1. The minimum absolute atomic E-state index is 0.0739. The van der Waals surface area contributed by atoms with E-state index in [1.807, 2.05) is 30.3 Å². The van der Waals surface area contributed by atoms with E-state index >= 15 is 0 Å². The first kappa shape index (κ1) is 18.7. The molecule has 2 aromatic rings. The molecule has 1 aliphatic heterocycles. The van der Waals surface area contributed by atoms with Crippen molar-refractivity contribution in [3.05, 3.63) is 59.1 Å². The fourth-order valence-electron chi connectivity index (χ4n) is 3.23. The number of benzene rings is 2. The van der Waals surface area contributed by atoms with Crippen LogP contribution in [0.3, 0.4) is 0 Å². The van der Waals surface area contributed by atoms with Gasteiger partial charge in [-0.2, -0.15) is 0 Å². The second-order valence-corrected chi connectivity index (χ2v) is 7.03. The summed E-state index contributed by atoms with van der Waals surface area (Å²) in [7, 11) is 1.59. The number of hydrogen-bond acceptors (Lipinski definition) is 4. The third kappa shape index (κ3) is 4.55. The number of aliphatic hydroxyl groups is 1. The molecule has 6 heteroatoms. The number of anilines is 1. The van der Waals surface area contributed by atoms with Gasteiger partial charge in [-0.05, 0) is 42.7 Å². The van der Waals surface area contributed by atoms with Gasteiger partial charge in [0.25, 0.3) is 0 Å². The predicted octanol–water partition coefficient (Wildman–Crippen LogP) is 3.27. The Hall–Kier alpha value is -2.08. The fraction of sp³-hybridized carbons (Fsp3) is 0.350. The molecular formula is C20H23ClN2O3. The Morgan fingerprint density at radius 2 is 1.92 bits per heavy atom. The molecular weight excluding hydrogens is 352 g/mol. The monoisotopic (exact) mass is 374 g/mol. The number of piperidine rings is 1. The molecule has 1 saturated heterocycles. The summed E-state index contributed by atoms with van der Waals surface area (Å²) in [5.41, 5.74) is 0.732. The van der Waals surface area contributed by atoms with Gasteiger partial charge in [0.2, 0.25) is 5.91 Å². The Kier molecular flexibility index (Phi) is 5.81. The number of amides is 1. The first-order valence-corrected chi connectivity index (χ1v) is 9.01. The summed E-state index contributed by atoms with van der Waals surface area (Å²) in [5, 5.41) is 14.4. The lowest BCUT2D eigenvalue weighted by Crippen LogP contribution is -2.45. The van der Waals surface area contributed by atoms with Crippen LogP contribution < -0.4 is 10.1 Å². The molecule has 0 aromatic heterocycles. The number of nitrogens with zero attached hydrogens (tertiary/aromatic N) is 1. The van der Waals surface area contributed by atoms with Gasteiger partial charge in [0.15, 0.2) is 0 Å². The molecule has 1 amide bonds. The summed E-state index contributed by atoms with van der Waals surface area (Å²) in [4.78, 5) is 14.3. The van der Waals surface area contributed by atoms with Gasteiger partial charge in [-0.15, -0.1) is 0 Å². The summed E-state index contributed by atoms with van der Waals surface area (Å²) in [6.45, 7) is 1.61. The van der Waals surface area contributed by atoms with Crippen LogP contribution in [0, 0.1) is 0 Å². The number of carbonyl (C=O) groups is 1. The van der Waals surface area contributed by atoms with Crippen LogP contribution in [0.1, 0.15) is 18.4 Å². The van der Waals surface area contributed by atoms with Crippen LogP contribution >= 0.6 is 11.6 Å². The summed E-state index contributed by atoms with van der Waals surface area (Å²) in [5.74, 6) is 0.629. The molecule has 0 spiro atoms. The average Bonchev–Trinajstić information content (AvgIpc) is 2.64. The number of likely N-dealkylation sites (tertiary alicyclic amines) is 1. The minimum atomic E-state index is -0.857. The second kappa shape index (κ2) is 8.08. The van der Waals surface area contributed by atoms with Gasteiger partial charge >= 0.3 is 0 Å².